The number of benzene rings is 1. The highest BCUT2D eigenvalue weighted by Gasteiger charge is 2.11. The summed E-state index contributed by atoms with van der Waals surface area (Å²) in [6, 6.07) is 6.20. The summed E-state index contributed by atoms with van der Waals surface area (Å²) in [5, 5.41) is 14.0. The van der Waals surface area contributed by atoms with Crippen molar-refractivity contribution in [3.05, 3.63) is 62.8 Å². The van der Waals surface area contributed by atoms with E-state index >= 15 is 0 Å². The van der Waals surface area contributed by atoms with Crippen LogP contribution >= 0.6 is 0 Å². The number of nitrogens with one attached hydrogen (secondary N) is 1. The highest BCUT2D eigenvalue weighted by Crippen LogP contribution is 2.22. The van der Waals surface area contributed by atoms with E-state index in [-0.39, 0.29) is 17.9 Å². The first-order valence-corrected chi connectivity index (χ1v) is 6.14. The van der Waals surface area contributed by atoms with Crippen LogP contribution in [0.5, 0.6) is 0 Å². The SMILES string of the molecule is CCNc1ccc([N+](=O)[O-])cc1Cn1cccnc1=O. The van der Waals surface area contributed by atoms with Crippen LogP contribution < -0.4 is 11.0 Å². The van der Waals surface area contributed by atoms with E-state index in [1.165, 1.54) is 22.9 Å². The van der Waals surface area contributed by atoms with Crippen molar-refractivity contribution in [1.29, 1.82) is 0 Å². The Bertz CT molecular complexity index is 681. The summed E-state index contributed by atoms with van der Waals surface area (Å²) in [7, 11) is 0. The predicted molar refractivity (Wildman–Crippen MR) is 74.9 cm³/mol. The third kappa shape index (κ3) is 3.00. The van der Waals surface area contributed by atoms with Crippen molar-refractivity contribution in [2.45, 2.75) is 13.5 Å². The number of hydrogen-bond acceptors (Lipinski definition) is 5. The van der Waals surface area contributed by atoms with Gasteiger partial charge in [-0.05, 0) is 19.1 Å². The molecule has 7 heteroatoms. The van der Waals surface area contributed by atoms with Gasteiger partial charge >= 0.3 is 5.69 Å². The van der Waals surface area contributed by atoms with Crippen molar-refractivity contribution < 1.29 is 4.92 Å². The van der Waals surface area contributed by atoms with Crippen LogP contribution in [0.25, 0.3) is 0 Å². The molecule has 0 atom stereocenters. The Labute approximate surface area is 115 Å². The van der Waals surface area contributed by atoms with E-state index in [2.05, 4.69) is 10.3 Å². The molecule has 20 heavy (non-hydrogen) atoms. The number of nitro groups is 1. The molecule has 7 nitrogen and oxygen atoms in total. The van der Waals surface area contributed by atoms with Crippen LogP contribution in [-0.2, 0) is 6.54 Å². The molecule has 0 amide bonds. The second-order valence-electron chi connectivity index (χ2n) is 4.16. The smallest absolute Gasteiger partial charge is 0.347 e. The molecule has 1 N–H and O–H groups in total. The van der Waals surface area contributed by atoms with E-state index < -0.39 is 4.92 Å². The standard InChI is InChI=1S/C13H14N4O3/c1-2-14-12-5-4-11(17(19)20)8-10(12)9-16-7-3-6-15-13(16)18/h3-8,14H,2,9H2,1H3. The van der Waals surface area contributed by atoms with Crippen LogP contribution in [0.3, 0.4) is 0 Å². The first-order chi connectivity index (χ1) is 9.61. The number of nitrogens with zero attached hydrogens (tertiary/aromatic N) is 3. The molecule has 2 rings (SSSR count). The third-order valence-electron chi connectivity index (χ3n) is 2.79. The molecule has 0 bridgehead atoms. The lowest BCUT2D eigenvalue weighted by atomic mass is 10.1. The summed E-state index contributed by atoms with van der Waals surface area (Å²) in [5.41, 5.74) is 1.06. The lowest BCUT2D eigenvalue weighted by Gasteiger charge is -2.11. The Morgan fingerprint density at radius 3 is 2.90 bits per heavy atom. The minimum atomic E-state index is -0.453. The molecule has 2 aromatic rings. The van der Waals surface area contributed by atoms with Crippen molar-refractivity contribution in [3.8, 4) is 0 Å². The van der Waals surface area contributed by atoms with Crippen molar-refractivity contribution in [1.82, 2.24) is 9.55 Å². The fraction of sp³-hybridized carbons (Fsp3) is 0.231. The Kier molecular flexibility index (Phi) is 4.09. The molecule has 0 saturated carbocycles. The number of hydrogen-bond donors (Lipinski definition) is 1. The Morgan fingerprint density at radius 2 is 2.25 bits per heavy atom. The summed E-state index contributed by atoms with van der Waals surface area (Å²) in [6.45, 7) is 2.85. The summed E-state index contributed by atoms with van der Waals surface area (Å²) >= 11 is 0. The summed E-state index contributed by atoms with van der Waals surface area (Å²) < 4.78 is 1.40. The van der Waals surface area contributed by atoms with E-state index in [9.17, 15) is 14.9 Å². The minimum absolute atomic E-state index is 0.00130. The quantitative estimate of drug-likeness (QED) is 0.661. The van der Waals surface area contributed by atoms with Crippen molar-refractivity contribution in [2.75, 3.05) is 11.9 Å². The van der Waals surface area contributed by atoms with Crippen LogP contribution in [0, 0.1) is 10.1 Å². The van der Waals surface area contributed by atoms with E-state index in [0.29, 0.717) is 12.1 Å². The zero-order valence-electron chi connectivity index (χ0n) is 10.9. The molecule has 0 aliphatic rings. The molecule has 0 aliphatic heterocycles. The first kappa shape index (κ1) is 13.7. The zero-order valence-corrected chi connectivity index (χ0v) is 10.9. The Hall–Kier alpha value is -2.70. The Balaban J connectivity index is 2.42. The average molecular weight is 274 g/mol. The highest BCUT2D eigenvalue weighted by atomic mass is 16.6. The second kappa shape index (κ2) is 5.96. The zero-order chi connectivity index (χ0) is 14.5. The highest BCUT2D eigenvalue weighted by molar-refractivity contribution is 5.56. The molecule has 1 heterocycles. The summed E-state index contributed by atoms with van der Waals surface area (Å²) in [6.07, 6.45) is 3.02. The lowest BCUT2D eigenvalue weighted by molar-refractivity contribution is -0.384. The summed E-state index contributed by atoms with van der Waals surface area (Å²) in [4.78, 5) is 25.7. The fourth-order valence-electron chi connectivity index (χ4n) is 1.88. The van der Waals surface area contributed by atoms with Crippen LogP contribution in [-0.4, -0.2) is 21.0 Å². The lowest BCUT2D eigenvalue weighted by Crippen LogP contribution is -2.22. The number of anilines is 1. The molecule has 0 unspecified atom stereocenters. The number of nitro benzene ring substituents is 1. The van der Waals surface area contributed by atoms with E-state index in [4.69, 9.17) is 0 Å². The van der Waals surface area contributed by atoms with Gasteiger partial charge in [-0.2, -0.15) is 0 Å². The molecule has 0 radical (unpaired) electrons. The molecule has 0 saturated heterocycles. The van der Waals surface area contributed by atoms with Crippen LogP contribution in [0.4, 0.5) is 11.4 Å². The molecule has 0 spiro atoms. The first-order valence-electron chi connectivity index (χ1n) is 6.14. The molecular weight excluding hydrogens is 260 g/mol. The molecular formula is C13H14N4O3. The van der Waals surface area contributed by atoms with E-state index in [1.54, 1.807) is 18.3 Å². The Morgan fingerprint density at radius 1 is 1.45 bits per heavy atom. The van der Waals surface area contributed by atoms with Crippen molar-refractivity contribution in [2.24, 2.45) is 0 Å². The van der Waals surface area contributed by atoms with Crippen molar-refractivity contribution >= 4 is 11.4 Å². The van der Waals surface area contributed by atoms with Crippen molar-refractivity contribution in [3.63, 3.8) is 0 Å². The number of rotatable bonds is 5. The minimum Gasteiger partial charge on any atom is -0.385 e. The van der Waals surface area contributed by atoms with Gasteiger partial charge in [-0.25, -0.2) is 9.78 Å². The van der Waals surface area contributed by atoms with Gasteiger partial charge in [0.1, 0.15) is 0 Å². The second-order valence-corrected chi connectivity index (χ2v) is 4.16. The summed E-state index contributed by atoms with van der Waals surface area (Å²) in [5.74, 6) is 0. The molecule has 0 fully saturated rings. The maximum Gasteiger partial charge on any atom is 0.347 e. The van der Waals surface area contributed by atoms with Gasteiger partial charge < -0.3 is 5.32 Å². The van der Waals surface area contributed by atoms with Gasteiger partial charge in [0.25, 0.3) is 5.69 Å². The van der Waals surface area contributed by atoms with Gasteiger partial charge in [-0.1, -0.05) is 0 Å². The average Bonchev–Trinajstić information content (AvgIpc) is 2.43. The van der Waals surface area contributed by atoms with Gasteiger partial charge in [0.2, 0.25) is 0 Å². The van der Waals surface area contributed by atoms with Gasteiger partial charge in [-0.3, -0.25) is 14.7 Å². The normalized spacial score (nSPS) is 10.2. The maximum absolute atomic E-state index is 11.6. The molecule has 104 valence electrons. The molecule has 1 aromatic heterocycles. The number of aromatic nitrogens is 2. The predicted octanol–water partition coefficient (Wildman–Crippen LogP) is 1.63. The van der Waals surface area contributed by atoms with Gasteiger partial charge in [0.15, 0.2) is 0 Å². The molecule has 1 aromatic carbocycles. The van der Waals surface area contributed by atoms with Gasteiger partial charge in [0.05, 0.1) is 11.5 Å². The maximum atomic E-state index is 11.6. The van der Waals surface area contributed by atoms with E-state index in [0.717, 1.165) is 5.69 Å². The largest absolute Gasteiger partial charge is 0.385 e. The van der Waals surface area contributed by atoms with Crippen LogP contribution in [0.1, 0.15) is 12.5 Å². The van der Waals surface area contributed by atoms with E-state index in [1.807, 2.05) is 6.92 Å². The van der Waals surface area contributed by atoms with Gasteiger partial charge in [0, 0.05) is 42.3 Å². The molecule has 0 aliphatic carbocycles. The van der Waals surface area contributed by atoms with Gasteiger partial charge in [-0.15, -0.1) is 0 Å². The van der Waals surface area contributed by atoms with Crippen LogP contribution in [0.15, 0.2) is 41.5 Å². The fourth-order valence-corrected chi connectivity index (χ4v) is 1.88. The topological polar surface area (TPSA) is 90.1 Å². The monoisotopic (exact) mass is 274 g/mol. The van der Waals surface area contributed by atoms with Crippen LogP contribution in [0.2, 0.25) is 0 Å². The number of non-ortho nitro benzene ring substituents is 1. The third-order valence-corrected chi connectivity index (χ3v) is 2.79.